The van der Waals surface area contributed by atoms with Crippen LogP contribution in [0.3, 0.4) is 0 Å². The fourth-order valence-corrected chi connectivity index (χ4v) is 5.39. The third kappa shape index (κ3) is 8.68. The molecule has 0 aliphatic heterocycles. The monoisotopic (exact) mass is 428 g/mol. The summed E-state index contributed by atoms with van der Waals surface area (Å²) < 4.78 is 28.7. The zero-order chi connectivity index (χ0) is 21.9. The van der Waals surface area contributed by atoms with Crippen molar-refractivity contribution in [2.24, 2.45) is 23.7 Å². The van der Waals surface area contributed by atoms with Crippen molar-refractivity contribution >= 4 is 0 Å². The molecule has 170 valence electrons. The minimum absolute atomic E-state index is 0.164. The number of benzene rings is 1. The molecule has 0 bridgehead atoms. The van der Waals surface area contributed by atoms with Gasteiger partial charge >= 0.3 is 6.61 Å². The highest BCUT2D eigenvalue weighted by Crippen LogP contribution is 2.37. The molecule has 3 heteroatoms. The molecule has 1 aromatic rings. The van der Waals surface area contributed by atoms with Gasteiger partial charge in [-0.15, -0.1) is 0 Å². The first-order valence-electron chi connectivity index (χ1n) is 12.4. The molecule has 0 aromatic heterocycles. The van der Waals surface area contributed by atoms with Gasteiger partial charge in [0.25, 0.3) is 0 Å². The molecular formula is C28H38F2O. The van der Waals surface area contributed by atoms with Crippen molar-refractivity contribution in [2.45, 2.75) is 90.6 Å². The summed E-state index contributed by atoms with van der Waals surface area (Å²) in [4.78, 5) is 0. The molecule has 2 fully saturated rings. The first-order valence-corrected chi connectivity index (χ1v) is 12.4. The van der Waals surface area contributed by atoms with Gasteiger partial charge in [0.15, 0.2) is 0 Å². The van der Waals surface area contributed by atoms with Crippen LogP contribution in [0, 0.1) is 35.5 Å². The van der Waals surface area contributed by atoms with E-state index < -0.39 is 6.61 Å². The van der Waals surface area contributed by atoms with Crippen molar-refractivity contribution in [1.82, 2.24) is 0 Å². The largest absolute Gasteiger partial charge is 0.435 e. The van der Waals surface area contributed by atoms with Gasteiger partial charge in [-0.25, -0.2) is 0 Å². The van der Waals surface area contributed by atoms with Gasteiger partial charge in [-0.3, -0.25) is 0 Å². The van der Waals surface area contributed by atoms with E-state index in [1.54, 1.807) is 12.1 Å². The van der Waals surface area contributed by atoms with E-state index in [2.05, 4.69) is 29.6 Å². The Hall–Kier alpha value is -1.82. The number of rotatable bonds is 8. The fraction of sp³-hybridized carbons (Fsp3) is 0.643. The van der Waals surface area contributed by atoms with Crippen LogP contribution in [0.1, 0.15) is 89.5 Å². The number of hydrogen-bond acceptors (Lipinski definition) is 1. The molecule has 31 heavy (non-hydrogen) atoms. The molecule has 0 saturated heterocycles. The second kappa shape index (κ2) is 12.9. The first-order chi connectivity index (χ1) is 15.1. The second-order valence-electron chi connectivity index (χ2n) is 9.56. The van der Waals surface area contributed by atoms with Crippen LogP contribution in [0.4, 0.5) is 8.78 Å². The average Bonchev–Trinajstić information content (AvgIpc) is 2.78. The molecule has 0 radical (unpaired) electrons. The number of allylic oxidation sites excluding steroid dienone is 2. The van der Waals surface area contributed by atoms with Crippen molar-refractivity contribution in [3.63, 3.8) is 0 Å². The predicted octanol–water partition coefficient (Wildman–Crippen LogP) is 8.39. The Morgan fingerprint density at radius 3 is 1.97 bits per heavy atom. The lowest BCUT2D eigenvalue weighted by Gasteiger charge is -2.31. The van der Waals surface area contributed by atoms with Crippen molar-refractivity contribution in [1.29, 1.82) is 0 Å². The summed E-state index contributed by atoms with van der Waals surface area (Å²) in [5, 5.41) is 0. The lowest BCUT2D eigenvalue weighted by atomic mass is 9.75. The van der Waals surface area contributed by atoms with Gasteiger partial charge in [0.1, 0.15) is 5.75 Å². The van der Waals surface area contributed by atoms with E-state index in [9.17, 15) is 8.78 Å². The molecule has 0 N–H and O–H groups in total. The fourth-order valence-electron chi connectivity index (χ4n) is 5.39. The molecule has 2 aliphatic carbocycles. The number of hydrogen-bond donors (Lipinski definition) is 0. The minimum atomic E-state index is -2.79. The van der Waals surface area contributed by atoms with Crippen LogP contribution in [0.25, 0.3) is 0 Å². The SMILES string of the molecule is CCC[C@H]1CC[C@H](CC[C@H]2CC[C@H](C=CC#Cc3ccc(OC(F)F)cc3)CC2)CC1. The molecule has 0 heterocycles. The molecule has 0 unspecified atom stereocenters. The lowest BCUT2D eigenvalue weighted by Crippen LogP contribution is -2.17. The maximum Gasteiger partial charge on any atom is 0.387 e. The molecule has 1 nitrogen and oxygen atoms in total. The third-order valence-electron chi connectivity index (χ3n) is 7.29. The van der Waals surface area contributed by atoms with Gasteiger partial charge in [-0.1, -0.05) is 76.2 Å². The van der Waals surface area contributed by atoms with E-state index >= 15 is 0 Å². The Morgan fingerprint density at radius 1 is 0.871 bits per heavy atom. The Kier molecular flexibility index (Phi) is 9.91. The molecule has 3 rings (SSSR count). The van der Waals surface area contributed by atoms with E-state index in [0.29, 0.717) is 5.92 Å². The minimum Gasteiger partial charge on any atom is -0.435 e. The number of halogens is 2. The molecule has 2 aliphatic rings. The molecule has 1 aromatic carbocycles. The normalized spacial score (nSPS) is 26.6. The predicted molar refractivity (Wildman–Crippen MR) is 124 cm³/mol. The Labute approximate surface area is 187 Å². The molecule has 0 spiro atoms. The summed E-state index contributed by atoms with van der Waals surface area (Å²) in [6, 6.07) is 6.47. The Morgan fingerprint density at radius 2 is 1.42 bits per heavy atom. The van der Waals surface area contributed by atoms with Gasteiger partial charge in [-0.05, 0) is 79.7 Å². The van der Waals surface area contributed by atoms with Crippen LogP contribution < -0.4 is 4.74 Å². The van der Waals surface area contributed by atoms with Crippen LogP contribution in [0.5, 0.6) is 5.75 Å². The highest BCUT2D eigenvalue weighted by atomic mass is 19.3. The van der Waals surface area contributed by atoms with Crippen LogP contribution in [-0.2, 0) is 0 Å². The smallest absolute Gasteiger partial charge is 0.387 e. The van der Waals surface area contributed by atoms with E-state index in [1.807, 2.05) is 6.08 Å². The van der Waals surface area contributed by atoms with Gasteiger partial charge in [0.05, 0.1) is 0 Å². The first kappa shape index (κ1) is 23.8. The number of ether oxygens (including phenoxy) is 1. The zero-order valence-corrected chi connectivity index (χ0v) is 19.0. The van der Waals surface area contributed by atoms with Crippen molar-refractivity contribution in [2.75, 3.05) is 0 Å². The van der Waals surface area contributed by atoms with Gasteiger partial charge in [-0.2, -0.15) is 8.78 Å². The highest BCUT2D eigenvalue weighted by molar-refractivity contribution is 5.40. The third-order valence-corrected chi connectivity index (χ3v) is 7.29. The van der Waals surface area contributed by atoms with E-state index in [1.165, 1.54) is 89.2 Å². The summed E-state index contributed by atoms with van der Waals surface area (Å²) in [5.74, 6) is 9.90. The van der Waals surface area contributed by atoms with E-state index in [0.717, 1.165) is 23.3 Å². The summed E-state index contributed by atoms with van der Waals surface area (Å²) in [6.07, 6.45) is 21.1. The van der Waals surface area contributed by atoms with Crippen LogP contribution in [0.2, 0.25) is 0 Å². The zero-order valence-electron chi connectivity index (χ0n) is 19.0. The maximum atomic E-state index is 12.2. The van der Waals surface area contributed by atoms with Gasteiger partial charge in [0.2, 0.25) is 0 Å². The van der Waals surface area contributed by atoms with E-state index in [-0.39, 0.29) is 5.75 Å². The molecule has 0 amide bonds. The Balaban J connectivity index is 1.31. The standard InChI is InChI=1S/C28H38F2O/c1-2-5-22-8-12-25(13-9-22)16-17-26-14-10-23(11-15-26)6-3-4-7-24-18-20-27(21-19-24)31-28(29)30/h3,6,18-23,25-26,28H,2,5,8-17H2,1H3/t22-,23-,25-,26-. The van der Waals surface area contributed by atoms with Gasteiger partial charge in [0, 0.05) is 5.56 Å². The molecular weight excluding hydrogens is 390 g/mol. The van der Waals surface area contributed by atoms with Crippen LogP contribution in [-0.4, -0.2) is 6.61 Å². The molecule has 2 saturated carbocycles. The topological polar surface area (TPSA) is 9.23 Å². The van der Waals surface area contributed by atoms with Crippen LogP contribution >= 0.6 is 0 Å². The quantitative estimate of drug-likeness (QED) is 0.378. The highest BCUT2D eigenvalue weighted by Gasteiger charge is 2.23. The van der Waals surface area contributed by atoms with Crippen molar-refractivity contribution < 1.29 is 13.5 Å². The van der Waals surface area contributed by atoms with Gasteiger partial charge < -0.3 is 4.74 Å². The summed E-state index contributed by atoms with van der Waals surface area (Å²) in [5.41, 5.74) is 0.804. The average molecular weight is 429 g/mol. The number of alkyl halides is 2. The Bertz CT molecular complexity index is 712. The molecule has 0 atom stereocenters. The lowest BCUT2D eigenvalue weighted by molar-refractivity contribution is -0.0498. The summed E-state index contributed by atoms with van der Waals surface area (Å²) in [7, 11) is 0. The van der Waals surface area contributed by atoms with Crippen LogP contribution in [0.15, 0.2) is 36.4 Å². The summed E-state index contributed by atoms with van der Waals surface area (Å²) in [6.45, 7) is -0.472. The van der Waals surface area contributed by atoms with E-state index in [4.69, 9.17) is 0 Å². The second-order valence-corrected chi connectivity index (χ2v) is 9.56. The van der Waals surface area contributed by atoms with Crippen molar-refractivity contribution in [3.05, 3.63) is 42.0 Å². The summed E-state index contributed by atoms with van der Waals surface area (Å²) >= 11 is 0. The maximum absolute atomic E-state index is 12.2. The van der Waals surface area contributed by atoms with Crippen molar-refractivity contribution in [3.8, 4) is 17.6 Å².